The molecule has 0 fully saturated rings. The maximum absolute atomic E-state index is 12.8. The van der Waals surface area contributed by atoms with E-state index in [9.17, 15) is 15.0 Å². The van der Waals surface area contributed by atoms with E-state index in [1.807, 2.05) is 42.1 Å². The van der Waals surface area contributed by atoms with Crippen LogP contribution in [0, 0.1) is 0 Å². The number of aromatic nitrogens is 2. The number of Topliss-reactive ketones (excluding diaryl/α,β-unsaturated/α-hetero) is 1. The fraction of sp³-hybridized carbons (Fsp3) is 0.0435. The van der Waals surface area contributed by atoms with Crippen molar-refractivity contribution in [3.8, 4) is 28.4 Å². The highest BCUT2D eigenvalue weighted by Gasteiger charge is 2.31. The van der Waals surface area contributed by atoms with Crippen molar-refractivity contribution in [2.45, 2.75) is 0 Å². The van der Waals surface area contributed by atoms with Gasteiger partial charge in [0.25, 0.3) is 0 Å². The summed E-state index contributed by atoms with van der Waals surface area (Å²) in [4.78, 5) is 17.0. The smallest absolute Gasteiger partial charge is 0.235 e. The number of allylic oxidation sites excluding steroid dienone is 1. The van der Waals surface area contributed by atoms with E-state index in [0.29, 0.717) is 5.82 Å². The van der Waals surface area contributed by atoms with Crippen LogP contribution in [-0.2, 0) is 7.05 Å². The van der Waals surface area contributed by atoms with Gasteiger partial charge in [-0.1, -0.05) is 12.1 Å². The first kappa shape index (κ1) is 17.8. The van der Waals surface area contributed by atoms with Crippen molar-refractivity contribution in [1.29, 1.82) is 0 Å². The molecule has 2 aromatic heterocycles. The minimum Gasteiger partial charge on any atom is -0.508 e. The van der Waals surface area contributed by atoms with Crippen molar-refractivity contribution in [3.63, 3.8) is 0 Å². The van der Waals surface area contributed by atoms with Crippen LogP contribution in [0.25, 0.3) is 28.1 Å². The van der Waals surface area contributed by atoms with Crippen molar-refractivity contribution >= 4 is 28.6 Å². The summed E-state index contributed by atoms with van der Waals surface area (Å²) >= 11 is 0. The molecule has 4 aromatic rings. The number of carbonyl (C=O) groups excluding carboxylic acids is 1. The number of ether oxygens (including phenoxy) is 1. The Hall–Kier alpha value is -4.26. The lowest BCUT2D eigenvalue weighted by Gasteiger charge is -2.06. The molecule has 0 atom stereocenters. The van der Waals surface area contributed by atoms with Gasteiger partial charge < -0.3 is 25.3 Å². The standard InChI is InChI=1S/C23H17N3O4/c1-26-11-13(7-19-23(29)22-17(28)8-14(27)9-18(22)30-19)21-15(3-2-4-16(21)26)12-5-6-20(24)25-10-12/h2-11,27-28H,1H3,(H2,24,25)/b19-7-. The molecule has 0 aliphatic carbocycles. The first-order valence-electron chi connectivity index (χ1n) is 9.22. The Morgan fingerprint density at radius 1 is 1.17 bits per heavy atom. The maximum Gasteiger partial charge on any atom is 0.235 e. The molecule has 7 nitrogen and oxygen atoms in total. The molecule has 7 heteroatoms. The minimum atomic E-state index is -0.439. The highest BCUT2D eigenvalue weighted by Crippen LogP contribution is 2.41. The third-order valence-corrected chi connectivity index (χ3v) is 5.16. The predicted molar refractivity (Wildman–Crippen MR) is 113 cm³/mol. The number of aromatic hydroxyl groups is 2. The number of aryl methyl sites for hydroxylation is 1. The summed E-state index contributed by atoms with van der Waals surface area (Å²) in [6.45, 7) is 0. The molecule has 1 aliphatic rings. The SMILES string of the molecule is Cn1cc(/C=C2\Oc3cc(O)cc(O)c3C2=O)c2c(-c3ccc(N)nc3)cccc21. The predicted octanol–water partition coefficient (Wildman–Crippen LogP) is 3.85. The Balaban J connectivity index is 1.68. The molecule has 1 aliphatic heterocycles. The number of nitrogen functional groups attached to an aromatic ring is 1. The zero-order chi connectivity index (χ0) is 21.0. The molecule has 0 spiro atoms. The number of rotatable bonds is 2. The summed E-state index contributed by atoms with van der Waals surface area (Å²) < 4.78 is 7.62. The zero-order valence-electron chi connectivity index (χ0n) is 16.0. The summed E-state index contributed by atoms with van der Waals surface area (Å²) in [6, 6.07) is 12.0. The largest absolute Gasteiger partial charge is 0.508 e. The summed E-state index contributed by atoms with van der Waals surface area (Å²) in [7, 11) is 1.92. The molecule has 4 N–H and O–H groups in total. The van der Waals surface area contributed by atoms with Gasteiger partial charge in [-0.15, -0.1) is 0 Å². The second-order valence-electron chi connectivity index (χ2n) is 7.14. The van der Waals surface area contributed by atoms with E-state index in [2.05, 4.69) is 4.98 Å². The number of phenolic OH excluding ortho intramolecular Hbond substituents is 2. The number of hydrogen-bond acceptors (Lipinski definition) is 6. The van der Waals surface area contributed by atoms with Crippen molar-refractivity contribution in [3.05, 3.63) is 71.7 Å². The molecule has 0 radical (unpaired) electrons. The van der Waals surface area contributed by atoms with Gasteiger partial charge in [0.1, 0.15) is 28.6 Å². The molecule has 5 rings (SSSR count). The van der Waals surface area contributed by atoms with Crippen molar-refractivity contribution in [2.75, 3.05) is 5.73 Å². The van der Waals surface area contributed by atoms with Gasteiger partial charge in [-0.05, 0) is 29.8 Å². The quantitative estimate of drug-likeness (QED) is 0.442. The molecule has 3 heterocycles. The van der Waals surface area contributed by atoms with E-state index in [4.69, 9.17) is 10.5 Å². The maximum atomic E-state index is 12.8. The van der Waals surface area contributed by atoms with Crippen LogP contribution in [0.3, 0.4) is 0 Å². The third-order valence-electron chi connectivity index (χ3n) is 5.16. The summed E-state index contributed by atoms with van der Waals surface area (Å²) in [6.07, 6.45) is 5.26. The van der Waals surface area contributed by atoms with Gasteiger partial charge in [0.2, 0.25) is 5.78 Å². The van der Waals surface area contributed by atoms with E-state index in [1.54, 1.807) is 18.3 Å². The van der Waals surface area contributed by atoms with E-state index in [0.717, 1.165) is 33.7 Å². The van der Waals surface area contributed by atoms with Crippen LogP contribution >= 0.6 is 0 Å². The lowest BCUT2D eigenvalue weighted by molar-refractivity contribution is 0.101. The van der Waals surface area contributed by atoms with E-state index in [-0.39, 0.29) is 28.6 Å². The van der Waals surface area contributed by atoms with Gasteiger partial charge in [-0.25, -0.2) is 4.98 Å². The Bertz CT molecular complexity index is 1370. The number of fused-ring (bicyclic) bond motifs is 2. The normalized spacial score (nSPS) is 14.3. The second kappa shape index (κ2) is 6.38. The highest BCUT2D eigenvalue weighted by atomic mass is 16.5. The monoisotopic (exact) mass is 399 g/mol. The van der Waals surface area contributed by atoms with Crippen LogP contribution in [0.4, 0.5) is 5.82 Å². The molecule has 0 saturated heterocycles. The molecule has 148 valence electrons. The summed E-state index contributed by atoms with van der Waals surface area (Å²) in [5, 5.41) is 20.7. The number of carbonyl (C=O) groups is 1. The van der Waals surface area contributed by atoms with Gasteiger partial charge in [-0.3, -0.25) is 4.79 Å². The van der Waals surface area contributed by atoms with Crippen LogP contribution in [0.1, 0.15) is 15.9 Å². The number of ketones is 1. The van der Waals surface area contributed by atoms with Crippen molar-refractivity contribution in [2.24, 2.45) is 7.05 Å². The average Bonchev–Trinajstić information content (AvgIpc) is 3.19. The number of anilines is 1. The molecule has 0 saturated carbocycles. The number of benzene rings is 2. The highest BCUT2D eigenvalue weighted by molar-refractivity contribution is 6.17. The van der Waals surface area contributed by atoms with E-state index >= 15 is 0 Å². The van der Waals surface area contributed by atoms with Crippen molar-refractivity contribution < 1.29 is 19.7 Å². The Kier molecular flexibility index (Phi) is 3.79. The Morgan fingerprint density at radius 2 is 2.00 bits per heavy atom. The summed E-state index contributed by atoms with van der Waals surface area (Å²) in [5.41, 5.74) is 9.35. The lowest BCUT2D eigenvalue weighted by Crippen LogP contribution is -1.98. The lowest BCUT2D eigenvalue weighted by atomic mass is 9.99. The fourth-order valence-corrected chi connectivity index (χ4v) is 3.81. The number of nitrogens with two attached hydrogens (primary N) is 1. The van der Waals surface area contributed by atoms with Crippen LogP contribution in [0.2, 0.25) is 0 Å². The van der Waals surface area contributed by atoms with Gasteiger partial charge in [0, 0.05) is 53.6 Å². The fourth-order valence-electron chi connectivity index (χ4n) is 3.81. The molecule has 2 aromatic carbocycles. The summed E-state index contributed by atoms with van der Waals surface area (Å²) in [5.74, 6) is -0.289. The molecular formula is C23H17N3O4. The van der Waals surface area contributed by atoms with Crippen LogP contribution in [0.15, 0.2) is 60.6 Å². The van der Waals surface area contributed by atoms with Crippen molar-refractivity contribution in [1.82, 2.24) is 9.55 Å². The first-order valence-corrected chi connectivity index (χ1v) is 9.22. The Morgan fingerprint density at radius 3 is 2.77 bits per heavy atom. The van der Waals surface area contributed by atoms with Crippen LogP contribution in [-0.4, -0.2) is 25.5 Å². The molecular weight excluding hydrogens is 382 g/mol. The number of pyridine rings is 1. The van der Waals surface area contributed by atoms with Gasteiger partial charge in [0.05, 0.1) is 0 Å². The second-order valence-corrected chi connectivity index (χ2v) is 7.14. The van der Waals surface area contributed by atoms with Crippen LogP contribution < -0.4 is 10.5 Å². The molecule has 0 unspecified atom stereocenters. The first-order chi connectivity index (χ1) is 14.4. The zero-order valence-corrected chi connectivity index (χ0v) is 16.0. The number of hydrogen-bond donors (Lipinski definition) is 3. The number of phenols is 2. The molecule has 30 heavy (non-hydrogen) atoms. The van der Waals surface area contributed by atoms with E-state index < -0.39 is 5.78 Å². The minimum absolute atomic E-state index is 0.0437. The third kappa shape index (κ3) is 2.68. The van der Waals surface area contributed by atoms with Crippen LogP contribution in [0.5, 0.6) is 17.2 Å². The van der Waals surface area contributed by atoms with Gasteiger partial charge >= 0.3 is 0 Å². The molecule has 0 bridgehead atoms. The Labute approximate surface area is 171 Å². The average molecular weight is 399 g/mol. The van der Waals surface area contributed by atoms with Gasteiger partial charge in [0.15, 0.2) is 5.76 Å². The van der Waals surface area contributed by atoms with E-state index in [1.165, 1.54) is 6.07 Å². The van der Waals surface area contributed by atoms with Gasteiger partial charge in [-0.2, -0.15) is 0 Å². The topological polar surface area (TPSA) is 111 Å². The number of nitrogens with zero attached hydrogens (tertiary/aromatic N) is 2. The molecule has 0 amide bonds.